The predicted octanol–water partition coefficient (Wildman–Crippen LogP) is 2.71. The van der Waals surface area contributed by atoms with Gasteiger partial charge in [-0.2, -0.15) is 4.31 Å². The van der Waals surface area contributed by atoms with Gasteiger partial charge in [-0.1, -0.05) is 35.3 Å². The van der Waals surface area contributed by atoms with Gasteiger partial charge in [-0.3, -0.25) is 4.79 Å². The van der Waals surface area contributed by atoms with Gasteiger partial charge in [0.05, 0.1) is 10.3 Å². The molecule has 1 aliphatic heterocycles. The predicted molar refractivity (Wildman–Crippen MR) is 82.5 cm³/mol. The molecule has 5 nitrogen and oxygen atoms in total. The molecule has 1 N–H and O–H groups in total. The first-order chi connectivity index (χ1) is 9.82. The van der Waals surface area contributed by atoms with Crippen molar-refractivity contribution in [3.05, 3.63) is 28.7 Å². The van der Waals surface area contributed by atoms with Crippen molar-refractivity contribution in [3.8, 4) is 0 Å². The molecule has 1 aromatic carbocycles. The third kappa shape index (κ3) is 3.14. The SMILES string of the molecule is CCCC1(C(=O)O)CCN(S(=O)(=O)c2cccc(Br)c2)C1. The number of carboxylic acid groups (broad SMARTS) is 1. The molecule has 0 aromatic heterocycles. The molecule has 1 unspecified atom stereocenters. The normalized spacial score (nSPS) is 23.3. The summed E-state index contributed by atoms with van der Waals surface area (Å²) in [6, 6.07) is 6.47. The second kappa shape index (κ2) is 6.06. The second-order valence-electron chi connectivity index (χ2n) is 5.38. The Morgan fingerprint density at radius 1 is 1.48 bits per heavy atom. The molecule has 1 aliphatic rings. The zero-order chi connectivity index (χ0) is 15.7. The van der Waals surface area contributed by atoms with Gasteiger partial charge < -0.3 is 5.11 Å². The number of halogens is 1. The van der Waals surface area contributed by atoms with Gasteiger partial charge in [0.25, 0.3) is 0 Å². The quantitative estimate of drug-likeness (QED) is 0.858. The van der Waals surface area contributed by atoms with Crippen molar-refractivity contribution in [1.82, 2.24) is 4.31 Å². The van der Waals surface area contributed by atoms with E-state index in [-0.39, 0.29) is 18.0 Å². The fraction of sp³-hybridized carbons (Fsp3) is 0.500. The summed E-state index contributed by atoms with van der Waals surface area (Å²) in [5.74, 6) is -0.906. The first kappa shape index (κ1) is 16.5. The Morgan fingerprint density at radius 2 is 2.19 bits per heavy atom. The van der Waals surface area contributed by atoms with Crippen molar-refractivity contribution in [2.75, 3.05) is 13.1 Å². The van der Waals surface area contributed by atoms with E-state index in [9.17, 15) is 18.3 Å². The zero-order valence-corrected chi connectivity index (χ0v) is 14.2. The summed E-state index contributed by atoms with van der Waals surface area (Å²) in [5, 5.41) is 9.46. The van der Waals surface area contributed by atoms with Crippen LogP contribution in [0.3, 0.4) is 0 Å². The van der Waals surface area contributed by atoms with Crippen LogP contribution in [0.1, 0.15) is 26.2 Å². The molecule has 0 aliphatic carbocycles. The van der Waals surface area contributed by atoms with E-state index in [1.54, 1.807) is 12.1 Å². The van der Waals surface area contributed by atoms with Gasteiger partial charge in [0.1, 0.15) is 0 Å². The number of carboxylic acids is 1. The number of hydrogen-bond donors (Lipinski definition) is 1. The minimum atomic E-state index is -3.64. The molecule has 1 fully saturated rings. The van der Waals surface area contributed by atoms with Crippen LogP contribution in [0.2, 0.25) is 0 Å². The average molecular weight is 376 g/mol. The summed E-state index contributed by atoms with van der Waals surface area (Å²) in [6.45, 7) is 2.21. The maximum absolute atomic E-state index is 12.6. The standard InChI is InChI=1S/C14H18BrNO4S/c1-2-6-14(13(17)18)7-8-16(10-14)21(19,20)12-5-3-4-11(15)9-12/h3-5,9H,2,6-8,10H2,1H3,(H,17,18). The summed E-state index contributed by atoms with van der Waals surface area (Å²) in [6.07, 6.45) is 1.58. The summed E-state index contributed by atoms with van der Waals surface area (Å²) in [4.78, 5) is 11.7. The molecule has 0 spiro atoms. The van der Waals surface area contributed by atoms with Gasteiger partial charge in [0.2, 0.25) is 10.0 Å². The van der Waals surface area contributed by atoms with Crippen LogP contribution in [-0.4, -0.2) is 36.9 Å². The Morgan fingerprint density at radius 3 is 2.76 bits per heavy atom. The van der Waals surface area contributed by atoms with Crippen LogP contribution in [0, 0.1) is 5.41 Å². The molecule has 21 heavy (non-hydrogen) atoms. The summed E-state index contributed by atoms with van der Waals surface area (Å²) in [5.41, 5.74) is -0.951. The van der Waals surface area contributed by atoms with Crippen molar-refractivity contribution >= 4 is 31.9 Å². The summed E-state index contributed by atoms with van der Waals surface area (Å²) in [7, 11) is -3.64. The Balaban J connectivity index is 2.30. The fourth-order valence-electron chi connectivity index (χ4n) is 2.78. The second-order valence-corrected chi connectivity index (χ2v) is 8.24. The third-order valence-corrected chi connectivity index (χ3v) is 6.27. The lowest BCUT2D eigenvalue weighted by Gasteiger charge is -2.24. The van der Waals surface area contributed by atoms with E-state index in [0.29, 0.717) is 17.3 Å². The van der Waals surface area contributed by atoms with Crippen LogP contribution in [0.15, 0.2) is 33.6 Å². The van der Waals surface area contributed by atoms with Crippen molar-refractivity contribution in [2.24, 2.45) is 5.41 Å². The molecular weight excluding hydrogens is 358 g/mol. The third-order valence-electron chi connectivity index (χ3n) is 3.93. The number of carbonyl (C=O) groups is 1. The van der Waals surface area contributed by atoms with E-state index in [4.69, 9.17) is 0 Å². The van der Waals surface area contributed by atoms with Crippen LogP contribution in [0.5, 0.6) is 0 Å². The number of sulfonamides is 1. The van der Waals surface area contributed by atoms with Crippen LogP contribution in [0.4, 0.5) is 0 Å². The lowest BCUT2D eigenvalue weighted by Crippen LogP contribution is -2.36. The minimum Gasteiger partial charge on any atom is -0.481 e. The lowest BCUT2D eigenvalue weighted by atomic mass is 9.83. The van der Waals surface area contributed by atoms with Crippen molar-refractivity contribution in [1.29, 1.82) is 0 Å². The molecule has 7 heteroatoms. The van der Waals surface area contributed by atoms with Crippen molar-refractivity contribution < 1.29 is 18.3 Å². The van der Waals surface area contributed by atoms with E-state index < -0.39 is 21.4 Å². The van der Waals surface area contributed by atoms with Crippen LogP contribution in [0.25, 0.3) is 0 Å². The molecule has 116 valence electrons. The van der Waals surface area contributed by atoms with Crippen LogP contribution >= 0.6 is 15.9 Å². The van der Waals surface area contributed by atoms with E-state index in [1.807, 2.05) is 6.92 Å². The highest BCUT2D eigenvalue weighted by atomic mass is 79.9. The Hall–Kier alpha value is -0.920. The first-order valence-corrected chi connectivity index (χ1v) is 9.04. The largest absolute Gasteiger partial charge is 0.481 e. The molecule has 1 heterocycles. The molecule has 2 rings (SSSR count). The van der Waals surface area contributed by atoms with E-state index >= 15 is 0 Å². The topological polar surface area (TPSA) is 74.7 Å². The molecule has 0 radical (unpaired) electrons. The fourth-order valence-corrected chi connectivity index (χ4v) is 4.90. The highest BCUT2D eigenvalue weighted by molar-refractivity contribution is 9.10. The molecule has 1 saturated heterocycles. The minimum absolute atomic E-state index is 0.0466. The van der Waals surface area contributed by atoms with Gasteiger partial charge in [0.15, 0.2) is 0 Å². The molecule has 0 bridgehead atoms. The van der Waals surface area contributed by atoms with Gasteiger partial charge >= 0.3 is 5.97 Å². The highest BCUT2D eigenvalue weighted by Crippen LogP contribution is 2.38. The number of aliphatic carboxylic acids is 1. The Labute approximate surface area is 133 Å². The number of nitrogens with zero attached hydrogens (tertiary/aromatic N) is 1. The summed E-state index contributed by atoms with van der Waals surface area (Å²) < 4.78 is 27.2. The van der Waals surface area contributed by atoms with Gasteiger partial charge in [-0.25, -0.2) is 8.42 Å². The Bertz CT molecular complexity index is 646. The van der Waals surface area contributed by atoms with E-state index in [1.165, 1.54) is 16.4 Å². The lowest BCUT2D eigenvalue weighted by molar-refractivity contribution is -0.148. The van der Waals surface area contributed by atoms with Gasteiger partial charge in [0, 0.05) is 17.6 Å². The maximum atomic E-state index is 12.6. The smallest absolute Gasteiger partial charge is 0.311 e. The maximum Gasteiger partial charge on any atom is 0.311 e. The molecule has 0 amide bonds. The Kier molecular flexibility index (Phi) is 4.75. The monoisotopic (exact) mass is 375 g/mol. The zero-order valence-electron chi connectivity index (χ0n) is 11.8. The van der Waals surface area contributed by atoms with E-state index in [2.05, 4.69) is 15.9 Å². The molecule has 0 saturated carbocycles. The van der Waals surface area contributed by atoms with Crippen molar-refractivity contribution in [2.45, 2.75) is 31.1 Å². The average Bonchev–Trinajstić information content (AvgIpc) is 2.85. The van der Waals surface area contributed by atoms with Crippen LogP contribution < -0.4 is 0 Å². The van der Waals surface area contributed by atoms with Crippen LogP contribution in [-0.2, 0) is 14.8 Å². The number of hydrogen-bond acceptors (Lipinski definition) is 3. The molecule has 1 atom stereocenters. The van der Waals surface area contributed by atoms with E-state index in [0.717, 1.165) is 6.42 Å². The first-order valence-electron chi connectivity index (χ1n) is 6.81. The number of rotatable bonds is 5. The van der Waals surface area contributed by atoms with Gasteiger partial charge in [-0.15, -0.1) is 0 Å². The molecule has 1 aromatic rings. The number of benzene rings is 1. The van der Waals surface area contributed by atoms with Gasteiger partial charge in [-0.05, 0) is 31.0 Å². The summed E-state index contributed by atoms with van der Waals surface area (Å²) >= 11 is 3.26. The highest BCUT2D eigenvalue weighted by Gasteiger charge is 2.47. The van der Waals surface area contributed by atoms with Crippen molar-refractivity contribution in [3.63, 3.8) is 0 Å². The molecular formula is C14H18BrNO4S.